The molecule has 5 rings (SSSR count). The van der Waals surface area contributed by atoms with Gasteiger partial charge >= 0.3 is 0 Å². The zero-order valence-electron chi connectivity index (χ0n) is 17.4. The van der Waals surface area contributed by atoms with Crippen LogP contribution in [0.3, 0.4) is 0 Å². The van der Waals surface area contributed by atoms with Crippen LogP contribution >= 0.6 is 0 Å². The van der Waals surface area contributed by atoms with Crippen molar-refractivity contribution in [2.24, 2.45) is 5.92 Å². The summed E-state index contributed by atoms with van der Waals surface area (Å²) < 4.78 is 34.0. The van der Waals surface area contributed by atoms with Gasteiger partial charge in [-0.1, -0.05) is 6.42 Å². The Kier molecular flexibility index (Phi) is 4.58. The summed E-state index contributed by atoms with van der Waals surface area (Å²) in [5, 5.41) is 11.5. The highest BCUT2D eigenvalue weighted by molar-refractivity contribution is 5.60. The molecule has 2 aromatic rings. The molecule has 0 unspecified atom stereocenters. The second-order valence-corrected chi connectivity index (χ2v) is 7.98. The molecule has 160 valence electrons. The number of ether oxygens (including phenoxy) is 6. The van der Waals surface area contributed by atoms with E-state index in [4.69, 9.17) is 28.4 Å². The second kappa shape index (κ2) is 7.16. The van der Waals surface area contributed by atoms with Gasteiger partial charge in [-0.2, -0.15) is 0 Å². The van der Waals surface area contributed by atoms with Crippen molar-refractivity contribution in [1.82, 2.24) is 0 Å². The smallest absolute Gasteiger partial charge is 0.231 e. The number of aliphatic hydroxyl groups is 1. The Hall–Kier alpha value is -2.80. The molecule has 3 atom stereocenters. The fraction of sp³-hybridized carbons (Fsp3) is 0.478. The van der Waals surface area contributed by atoms with E-state index in [2.05, 4.69) is 0 Å². The van der Waals surface area contributed by atoms with Crippen LogP contribution in [0.5, 0.6) is 34.5 Å². The maximum atomic E-state index is 11.5. The summed E-state index contributed by atoms with van der Waals surface area (Å²) in [6.45, 7) is 0.181. The third-order valence-corrected chi connectivity index (χ3v) is 6.45. The van der Waals surface area contributed by atoms with Crippen molar-refractivity contribution in [2.45, 2.75) is 37.4 Å². The lowest BCUT2D eigenvalue weighted by molar-refractivity contribution is -0.208. The summed E-state index contributed by atoms with van der Waals surface area (Å²) in [4.78, 5) is 0. The van der Waals surface area contributed by atoms with Gasteiger partial charge in [-0.05, 0) is 36.6 Å². The molecule has 7 heteroatoms. The minimum atomic E-state index is -1.23. The van der Waals surface area contributed by atoms with Crippen molar-refractivity contribution in [3.8, 4) is 34.5 Å². The molecule has 1 fully saturated rings. The first kappa shape index (κ1) is 19.2. The summed E-state index contributed by atoms with van der Waals surface area (Å²) in [6.07, 6.45) is 3.41. The van der Waals surface area contributed by atoms with E-state index in [-0.39, 0.29) is 18.6 Å². The van der Waals surface area contributed by atoms with Gasteiger partial charge in [-0.25, -0.2) is 0 Å². The predicted molar refractivity (Wildman–Crippen MR) is 108 cm³/mol. The molecule has 1 N–H and O–H groups in total. The minimum Gasteiger partial charge on any atom is -0.493 e. The topological polar surface area (TPSA) is 75.6 Å². The molecule has 1 saturated carbocycles. The number of fused-ring (bicyclic) bond motifs is 3. The number of rotatable bonds is 4. The van der Waals surface area contributed by atoms with Crippen molar-refractivity contribution in [2.75, 3.05) is 28.1 Å². The largest absolute Gasteiger partial charge is 0.493 e. The summed E-state index contributed by atoms with van der Waals surface area (Å²) in [6, 6.07) is 7.71. The number of hydrogen-bond acceptors (Lipinski definition) is 7. The van der Waals surface area contributed by atoms with Crippen molar-refractivity contribution in [1.29, 1.82) is 0 Å². The van der Waals surface area contributed by atoms with E-state index in [1.165, 1.54) is 0 Å². The van der Waals surface area contributed by atoms with Crippen LogP contribution in [0.15, 0.2) is 24.3 Å². The maximum absolute atomic E-state index is 11.5. The Bertz CT molecular complexity index is 947. The number of benzene rings is 2. The molecule has 2 heterocycles. The normalized spacial score (nSPS) is 26.3. The van der Waals surface area contributed by atoms with E-state index in [1.807, 2.05) is 24.3 Å². The highest BCUT2D eigenvalue weighted by Gasteiger charge is 2.51. The van der Waals surface area contributed by atoms with Crippen LogP contribution in [-0.4, -0.2) is 39.0 Å². The highest BCUT2D eigenvalue weighted by atomic mass is 16.7. The van der Waals surface area contributed by atoms with Gasteiger partial charge in [-0.15, -0.1) is 0 Å². The first-order valence-electron chi connectivity index (χ1n) is 10.2. The Balaban J connectivity index is 1.72. The van der Waals surface area contributed by atoms with Crippen LogP contribution in [0.4, 0.5) is 0 Å². The lowest BCUT2D eigenvalue weighted by Crippen LogP contribution is -2.51. The molecule has 30 heavy (non-hydrogen) atoms. The fourth-order valence-corrected chi connectivity index (χ4v) is 5.08. The third-order valence-electron chi connectivity index (χ3n) is 6.45. The van der Waals surface area contributed by atoms with Crippen LogP contribution in [0.1, 0.15) is 42.7 Å². The molecule has 2 aliphatic heterocycles. The molecular weight excluding hydrogens is 388 g/mol. The highest BCUT2D eigenvalue weighted by Crippen LogP contribution is 2.56. The molecule has 7 nitrogen and oxygen atoms in total. The van der Waals surface area contributed by atoms with Gasteiger partial charge in [0.25, 0.3) is 0 Å². The number of hydrogen-bond donors (Lipinski definition) is 1. The van der Waals surface area contributed by atoms with Gasteiger partial charge in [0.05, 0.1) is 21.3 Å². The molecule has 0 amide bonds. The predicted octanol–water partition coefficient (Wildman–Crippen LogP) is 3.84. The van der Waals surface area contributed by atoms with Gasteiger partial charge in [0, 0.05) is 29.9 Å². The van der Waals surface area contributed by atoms with E-state index in [0.717, 1.165) is 30.4 Å². The molecule has 0 spiro atoms. The van der Waals surface area contributed by atoms with Gasteiger partial charge in [0.1, 0.15) is 5.75 Å². The quantitative estimate of drug-likeness (QED) is 0.815. The summed E-state index contributed by atoms with van der Waals surface area (Å²) in [5.74, 6) is 2.19. The maximum Gasteiger partial charge on any atom is 0.231 e. The van der Waals surface area contributed by atoms with Gasteiger partial charge in [0.15, 0.2) is 23.0 Å². The van der Waals surface area contributed by atoms with Crippen molar-refractivity contribution < 1.29 is 33.5 Å². The Labute approximate surface area is 175 Å². The fourth-order valence-electron chi connectivity index (χ4n) is 5.08. The monoisotopic (exact) mass is 414 g/mol. The number of methoxy groups -OCH3 is 3. The zero-order valence-corrected chi connectivity index (χ0v) is 17.4. The van der Waals surface area contributed by atoms with Crippen molar-refractivity contribution in [3.63, 3.8) is 0 Å². The van der Waals surface area contributed by atoms with Crippen LogP contribution in [-0.2, 0) is 0 Å². The average Bonchev–Trinajstić information content (AvgIpc) is 3.21. The van der Waals surface area contributed by atoms with E-state index >= 15 is 0 Å². The van der Waals surface area contributed by atoms with Gasteiger partial charge in [-0.3, -0.25) is 0 Å². The van der Waals surface area contributed by atoms with Crippen molar-refractivity contribution in [3.05, 3.63) is 35.4 Å². The molecule has 2 aromatic carbocycles. The molecule has 0 aromatic heterocycles. The van der Waals surface area contributed by atoms with Gasteiger partial charge in [0.2, 0.25) is 18.3 Å². The van der Waals surface area contributed by atoms with Crippen LogP contribution in [0.25, 0.3) is 0 Å². The van der Waals surface area contributed by atoms with Crippen LogP contribution in [0.2, 0.25) is 0 Å². The van der Waals surface area contributed by atoms with E-state index in [0.29, 0.717) is 40.9 Å². The molecule has 0 radical (unpaired) electrons. The summed E-state index contributed by atoms with van der Waals surface area (Å²) in [7, 11) is 4.80. The average molecular weight is 414 g/mol. The summed E-state index contributed by atoms with van der Waals surface area (Å²) in [5.41, 5.74) is 1.93. The molecule has 1 aliphatic carbocycles. The third kappa shape index (κ3) is 2.83. The van der Waals surface area contributed by atoms with Crippen molar-refractivity contribution >= 4 is 0 Å². The lowest BCUT2D eigenvalue weighted by atomic mass is 9.68. The van der Waals surface area contributed by atoms with Crippen LogP contribution < -0.4 is 28.4 Å². The molecule has 3 aliphatic rings. The van der Waals surface area contributed by atoms with Crippen LogP contribution in [0, 0.1) is 5.92 Å². The first-order chi connectivity index (χ1) is 14.6. The van der Waals surface area contributed by atoms with E-state index < -0.39 is 5.79 Å². The lowest BCUT2D eigenvalue weighted by Gasteiger charge is -2.48. The minimum absolute atomic E-state index is 0.109. The molecule has 0 bridgehead atoms. The SMILES string of the molecule is COc1cc([C@@H]2c3cc4c(cc3O[C@]3(O)CCCC[C@H]23)OCO4)cc(OC)c1OC. The first-order valence-corrected chi connectivity index (χ1v) is 10.2. The second-order valence-electron chi connectivity index (χ2n) is 7.98. The Morgan fingerprint density at radius 1 is 0.900 bits per heavy atom. The molecular formula is C23H26O7. The van der Waals surface area contributed by atoms with Gasteiger partial charge < -0.3 is 33.5 Å². The summed E-state index contributed by atoms with van der Waals surface area (Å²) >= 11 is 0. The zero-order chi connectivity index (χ0) is 20.9. The Morgan fingerprint density at radius 3 is 2.27 bits per heavy atom. The molecule has 0 saturated heterocycles. The Morgan fingerprint density at radius 2 is 1.60 bits per heavy atom. The van der Waals surface area contributed by atoms with E-state index in [9.17, 15) is 5.11 Å². The van der Waals surface area contributed by atoms with E-state index in [1.54, 1.807) is 21.3 Å². The standard InChI is InChI=1S/C23H26O7/c1-25-19-8-13(9-20(26-2)22(19)27-3)21-14-10-17-18(29-12-28-17)11-16(14)30-23(24)7-5-4-6-15(21)23/h8-11,15,21,24H,4-7,12H2,1-3H3/t15-,21-,23-/m1/s1.